The third kappa shape index (κ3) is 2.95. The molecule has 0 aliphatic rings. The molecule has 3 nitrogen and oxygen atoms in total. The van der Waals surface area contributed by atoms with Crippen molar-refractivity contribution in [2.75, 3.05) is 17.6 Å². The zero-order valence-corrected chi connectivity index (χ0v) is 8.23. The van der Waals surface area contributed by atoms with Gasteiger partial charge >= 0.3 is 0 Å². The average molecular weight is 198 g/mol. The molecule has 4 heteroatoms. The highest BCUT2D eigenvalue weighted by Gasteiger charge is 1.99. The van der Waals surface area contributed by atoms with Gasteiger partial charge in [-0.2, -0.15) is 0 Å². The van der Waals surface area contributed by atoms with E-state index in [1.165, 1.54) is 0 Å². The molecule has 1 aromatic rings. The molecule has 0 amide bonds. The number of nitrogens with zero attached hydrogens (tertiary/aromatic N) is 1. The molecular formula is C9H12ClN3. The zero-order chi connectivity index (χ0) is 9.84. The summed E-state index contributed by atoms with van der Waals surface area (Å²) >= 11 is 5.59. The zero-order valence-electron chi connectivity index (χ0n) is 7.47. The van der Waals surface area contributed by atoms with Crippen LogP contribution < -0.4 is 11.1 Å². The lowest BCUT2D eigenvalue weighted by atomic mass is 10.3. The second kappa shape index (κ2) is 4.14. The van der Waals surface area contributed by atoms with Gasteiger partial charge in [-0.3, -0.25) is 0 Å². The van der Waals surface area contributed by atoms with Crippen LogP contribution >= 0.6 is 11.6 Å². The summed E-state index contributed by atoms with van der Waals surface area (Å²) in [7, 11) is 0. The molecule has 3 N–H and O–H groups in total. The molecule has 1 rings (SSSR count). The maximum absolute atomic E-state index is 5.71. The van der Waals surface area contributed by atoms with Crippen LogP contribution in [0.1, 0.15) is 5.56 Å². The first-order chi connectivity index (χ1) is 6.09. The van der Waals surface area contributed by atoms with Crippen LogP contribution in [0.25, 0.3) is 0 Å². The quantitative estimate of drug-likeness (QED) is 0.781. The Balaban J connectivity index is 2.72. The molecule has 0 saturated carbocycles. The molecule has 0 unspecified atom stereocenters. The molecule has 0 aliphatic heterocycles. The monoisotopic (exact) mass is 197 g/mol. The molecule has 0 aliphatic carbocycles. The maximum atomic E-state index is 5.71. The van der Waals surface area contributed by atoms with Gasteiger partial charge < -0.3 is 11.1 Å². The van der Waals surface area contributed by atoms with Gasteiger partial charge in [0.05, 0.1) is 12.2 Å². The third-order valence-corrected chi connectivity index (χ3v) is 1.64. The summed E-state index contributed by atoms with van der Waals surface area (Å²) in [5.74, 6) is 0.646. The number of nitrogens with two attached hydrogens (primary N) is 1. The summed E-state index contributed by atoms with van der Waals surface area (Å²) in [6.07, 6.45) is 1.75. The number of hydrogen-bond acceptors (Lipinski definition) is 3. The maximum Gasteiger partial charge on any atom is 0.149 e. The molecule has 0 radical (unpaired) electrons. The van der Waals surface area contributed by atoms with Gasteiger partial charge in [-0.25, -0.2) is 4.98 Å². The fourth-order valence-electron chi connectivity index (χ4n) is 0.919. The molecule has 1 heterocycles. The van der Waals surface area contributed by atoms with Crippen LogP contribution in [0, 0.1) is 6.92 Å². The van der Waals surface area contributed by atoms with Gasteiger partial charge in [0.2, 0.25) is 0 Å². The molecule has 0 bridgehead atoms. The number of anilines is 2. The second-order valence-electron chi connectivity index (χ2n) is 2.82. The second-order valence-corrected chi connectivity index (χ2v) is 3.36. The van der Waals surface area contributed by atoms with Gasteiger partial charge in [0, 0.05) is 11.2 Å². The first-order valence-corrected chi connectivity index (χ1v) is 4.26. The van der Waals surface area contributed by atoms with E-state index in [4.69, 9.17) is 17.3 Å². The Kier molecular flexibility index (Phi) is 3.14. The van der Waals surface area contributed by atoms with E-state index in [9.17, 15) is 0 Å². The van der Waals surface area contributed by atoms with E-state index >= 15 is 0 Å². The van der Waals surface area contributed by atoms with Crippen molar-refractivity contribution in [3.05, 3.63) is 29.4 Å². The van der Waals surface area contributed by atoms with Crippen molar-refractivity contribution in [3.63, 3.8) is 0 Å². The first kappa shape index (κ1) is 9.86. The number of rotatable bonds is 3. The fourth-order valence-corrected chi connectivity index (χ4v) is 0.986. The molecule has 0 aromatic carbocycles. The predicted molar refractivity (Wildman–Crippen MR) is 56.9 cm³/mol. The number of nitrogen functional groups attached to an aromatic ring is 1. The molecule has 0 fully saturated rings. The van der Waals surface area contributed by atoms with Crippen LogP contribution in [0.5, 0.6) is 0 Å². The lowest BCUT2D eigenvalue weighted by Gasteiger charge is -2.07. The summed E-state index contributed by atoms with van der Waals surface area (Å²) < 4.78 is 0. The van der Waals surface area contributed by atoms with Gasteiger partial charge in [-0.1, -0.05) is 18.2 Å². The van der Waals surface area contributed by atoms with Gasteiger partial charge in [0.1, 0.15) is 5.82 Å². The number of aromatic nitrogens is 1. The Hall–Kier alpha value is -1.22. The van der Waals surface area contributed by atoms with Crippen LogP contribution in [-0.4, -0.2) is 11.5 Å². The summed E-state index contributed by atoms with van der Waals surface area (Å²) in [5, 5.41) is 3.50. The van der Waals surface area contributed by atoms with Crippen molar-refractivity contribution in [2.45, 2.75) is 6.92 Å². The summed E-state index contributed by atoms with van der Waals surface area (Å²) in [4.78, 5) is 4.11. The van der Waals surface area contributed by atoms with E-state index in [2.05, 4.69) is 16.9 Å². The van der Waals surface area contributed by atoms with Gasteiger partial charge in [0.15, 0.2) is 0 Å². The fraction of sp³-hybridized carbons (Fsp3) is 0.222. The van der Waals surface area contributed by atoms with E-state index in [0.29, 0.717) is 23.1 Å². The Labute approximate surface area is 82.6 Å². The molecule has 0 spiro atoms. The van der Waals surface area contributed by atoms with E-state index in [1.807, 2.05) is 13.0 Å². The Morgan fingerprint density at radius 3 is 3.00 bits per heavy atom. The number of hydrogen-bond donors (Lipinski definition) is 2. The van der Waals surface area contributed by atoms with E-state index < -0.39 is 0 Å². The molecular weight excluding hydrogens is 186 g/mol. The van der Waals surface area contributed by atoms with Crippen LogP contribution in [0.4, 0.5) is 11.5 Å². The lowest BCUT2D eigenvalue weighted by Crippen LogP contribution is -2.05. The molecule has 0 atom stereocenters. The summed E-state index contributed by atoms with van der Waals surface area (Å²) in [6.45, 7) is 5.96. The average Bonchev–Trinajstić information content (AvgIpc) is 2.02. The minimum absolute atomic E-state index is 0.474. The van der Waals surface area contributed by atoms with Gasteiger partial charge in [0.25, 0.3) is 0 Å². The largest absolute Gasteiger partial charge is 0.396 e. The lowest BCUT2D eigenvalue weighted by molar-refractivity contribution is 1.20. The van der Waals surface area contributed by atoms with Crippen LogP contribution in [0.15, 0.2) is 23.9 Å². The van der Waals surface area contributed by atoms with E-state index in [-0.39, 0.29) is 0 Å². The third-order valence-electron chi connectivity index (χ3n) is 1.50. The van der Waals surface area contributed by atoms with Crippen molar-refractivity contribution in [3.8, 4) is 0 Å². The SMILES string of the molecule is C=C(Cl)CNc1ncc(C)cc1N. The van der Waals surface area contributed by atoms with Crippen molar-refractivity contribution in [1.29, 1.82) is 0 Å². The highest BCUT2D eigenvalue weighted by atomic mass is 35.5. The van der Waals surface area contributed by atoms with Crippen molar-refractivity contribution in [2.24, 2.45) is 0 Å². The van der Waals surface area contributed by atoms with E-state index in [1.54, 1.807) is 6.20 Å². The normalized spacial score (nSPS) is 9.69. The van der Waals surface area contributed by atoms with E-state index in [0.717, 1.165) is 5.56 Å². The Morgan fingerprint density at radius 2 is 2.46 bits per heavy atom. The van der Waals surface area contributed by atoms with Crippen molar-refractivity contribution in [1.82, 2.24) is 4.98 Å². The van der Waals surface area contributed by atoms with Gasteiger partial charge in [-0.15, -0.1) is 0 Å². The minimum Gasteiger partial charge on any atom is -0.396 e. The van der Waals surface area contributed by atoms with Crippen molar-refractivity contribution < 1.29 is 0 Å². The summed E-state index contributed by atoms with van der Waals surface area (Å²) in [6, 6.07) is 1.85. The minimum atomic E-state index is 0.474. The molecule has 70 valence electrons. The van der Waals surface area contributed by atoms with Gasteiger partial charge in [-0.05, 0) is 18.6 Å². The highest BCUT2D eigenvalue weighted by Crippen LogP contribution is 2.16. The number of aryl methyl sites for hydroxylation is 1. The topological polar surface area (TPSA) is 50.9 Å². The molecule has 13 heavy (non-hydrogen) atoms. The Bertz CT molecular complexity index is 323. The van der Waals surface area contributed by atoms with Crippen LogP contribution in [0.2, 0.25) is 0 Å². The summed E-state index contributed by atoms with van der Waals surface area (Å²) in [5.41, 5.74) is 7.37. The first-order valence-electron chi connectivity index (χ1n) is 3.89. The number of nitrogens with one attached hydrogen (secondary N) is 1. The highest BCUT2D eigenvalue weighted by molar-refractivity contribution is 6.29. The predicted octanol–water partition coefficient (Wildman–Crippen LogP) is 2.14. The standard InChI is InChI=1S/C9H12ClN3/c1-6-3-8(11)9(12-4-6)13-5-7(2)10/h3-4H,2,5,11H2,1H3,(H,12,13). The van der Waals surface area contributed by atoms with Crippen LogP contribution in [-0.2, 0) is 0 Å². The van der Waals surface area contributed by atoms with Crippen LogP contribution in [0.3, 0.4) is 0 Å². The Morgan fingerprint density at radius 1 is 1.77 bits per heavy atom. The molecule has 0 saturated heterocycles. The molecule has 1 aromatic heterocycles. The smallest absolute Gasteiger partial charge is 0.149 e. The number of pyridine rings is 1. The van der Waals surface area contributed by atoms with Crippen molar-refractivity contribution >= 4 is 23.1 Å². The number of halogens is 1.